The van der Waals surface area contributed by atoms with E-state index in [-0.39, 0.29) is 11.9 Å². The fourth-order valence-corrected chi connectivity index (χ4v) is 3.27. The summed E-state index contributed by atoms with van der Waals surface area (Å²) < 4.78 is 60.3. The van der Waals surface area contributed by atoms with E-state index < -0.39 is 23.4 Å². The second-order valence-corrected chi connectivity index (χ2v) is 6.60. The molecule has 140 valence electrons. The van der Waals surface area contributed by atoms with E-state index >= 15 is 0 Å². The molecule has 1 aromatic carbocycles. The number of halogens is 4. The van der Waals surface area contributed by atoms with Gasteiger partial charge in [-0.15, -0.1) is 0 Å². The van der Waals surface area contributed by atoms with Crippen molar-refractivity contribution in [2.45, 2.75) is 24.9 Å². The first-order valence-electron chi connectivity index (χ1n) is 7.79. The quantitative estimate of drug-likeness (QED) is 0.550. The van der Waals surface area contributed by atoms with E-state index in [9.17, 15) is 17.6 Å². The Morgan fingerprint density at radius 3 is 2.69 bits per heavy atom. The highest BCUT2D eigenvalue weighted by atomic mass is 32.2. The van der Waals surface area contributed by atoms with Crippen LogP contribution in [-0.4, -0.2) is 24.1 Å². The van der Waals surface area contributed by atoms with E-state index in [0.29, 0.717) is 24.4 Å². The molecular formula is C17H16F4N2O2S. The molecule has 0 bridgehead atoms. The van der Waals surface area contributed by atoms with E-state index in [0.717, 1.165) is 11.1 Å². The summed E-state index contributed by atoms with van der Waals surface area (Å²) in [4.78, 5) is 5.96. The summed E-state index contributed by atoms with van der Waals surface area (Å²) in [5.41, 5.74) is -2.08. The number of hydrogen-bond donors (Lipinski definition) is 0. The predicted molar refractivity (Wildman–Crippen MR) is 90.9 cm³/mol. The number of rotatable bonds is 4. The van der Waals surface area contributed by atoms with Crippen molar-refractivity contribution in [1.29, 1.82) is 0 Å². The summed E-state index contributed by atoms with van der Waals surface area (Å²) in [5, 5.41) is 0. The molecule has 1 aromatic heterocycles. The maximum absolute atomic E-state index is 13.8. The number of hydrogen-bond acceptors (Lipinski definition) is 5. The van der Waals surface area contributed by atoms with Crippen molar-refractivity contribution < 1.29 is 26.5 Å². The van der Waals surface area contributed by atoms with Crippen molar-refractivity contribution in [2.24, 2.45) is 0 Å². The highest BCUT2D eigenvalue weighted by Crippen LogP contribution is 2.37. The number of pyridine rings is 1. The van der Waals surface area contributed by atoms with Crippen LogP contribution in [0, 0.1) is 5.82 Å². The van der Waals surface area contributed by atoms with Gasteiger partial charge in [0.2, 0.25) is 5.88 Å². The van der Waals surface area contributed by atoms with Crippen LogP contribution in [0.5, 0.6) is 11.6 Å². The van der Waals surface area contributed by atoms with Crippen molar-refractivity contribution in [2.75, 3.05) is 18.6 Å². The van der Waals surface area contributed by atoms with Crippen molar-refractivity contribution in [3.05, 3.63) is 47.4 Å². The second kappa shape index (κ2) is 7.22. The number of nitrogens with zero attached hydrogens (tertiary/aromatic N) is 2. The molecule has 0 N–H and O–H groups in total. The lowest BCUT2D eigenvalue weighted by Crippen LogP contribution is -2.34. The van der Waals surface area contributed by atoms with Crippen LogP contribution in [0.25, 0.3) is 0 Å². The van der Waals surface area contributed by atoms with Crippen LogP contribution in [0.3, 0.4) is 0 Å². The maximum Gasteiger partial charge on any atom is 0.479 e. The van der Waals surface area contributed by atoms with Crippen molar-refractivity contribution in [3.63, 3.8) is 0 Å². The third-order valence-electron chi connectivity index (χ3n) is 4.18. The van der Waals surface area contributed by atoms with Gasteiger partial charge in [0.25, 0.3) is 0 Å². The molecule has 1 atom stereocenters. The summed E-state index contributed by atoms with van der Waals surface area (Å²) in [6.45, 7) is 2.51. The van der Waals surface area contributed by atoms with Crippen LogP contribution in [0.15, 0.2) is 30.5 Å². The topological polar surface area (TPSA) is 34.6 Å². The molecule has 0 aliphatic carbocycles. The standard InChI is InChI=1S/C17H16F4N2O2S/c1-10-15-9-22-16(25-26-17(19,20)21)5-11(15)3-4-23(10)13-6-12(18)7-14(8-13)24-2/h5-10H,3-4H2,1-2H3. The van der Waals surface area contributed by atoms with Gasteiger partial charge in [0.1, 0.15) is 11.6 Å². The number of fused-ring (bicyclic) bond motifs is 1. The van der Waals surface area contributed by atoms with Gasteiger partial charge in [-0.25, -0.2) is 9.37 Å². The number of methoxy groups -OCH3 is 1. The van der Waals surface area contributed by atoms with Gasteiger partial charge in [0.05, 0.1) is 13.2 Å². The molecule has 4 nitrogen and oxygen atoms in total. The Morgan fingerprint density at radius 2 is 2.00 bits per heavy atom. The Kier molecular flexibility index (Phi) is 5.17. The zero-order valence-electron chi connectivity index (χ0n) is 14.0. The smallest absolute Gasteiger partial charge is 0.479 e. The molecule has 0 spiro atoms. The monoisotopic (exact) mass is 388 g/mol. The van der Waals surface area contributed by atoms with Crippen molar-refractivity contribution in [1.82, 2.24) is 4.98 Å². The van der Waals surface area contributed by atoms with Crippen molar-refractivity contribution >= 4 is 17.7 Å². The summed E-state index contributed by atoms with van der Waals surface area (Å²) in [6.07, 6.45) is 2.09. The number of aromatic nitrogens is 1. The summed E-state index contributed by atoms with van der Waals surface area (Å²) in [5.74, 6) is -0.0633. The highest BCUT2D eigenvalue weighted by molar-refractivity contribution is 7.95. The average molecular weight is 388 g/mol. The average Bonchev–Trinajstić information content (AvgIpc) is 2.59. The zero-order valence-corrected chi connectivity index (χ0v) is 14.8. The molecule has 2 aromatic rings. The lowest BCUT2D eigenvalue weighted by Gasteiger charge is -2.37. The predicted octanol–water partition coefficient (Wildman–Crippen LogP) is 4.90. The van der Waals surface area contributed by atoms with Gasteiger partial charge in [-0.1, -0.05) is 0 Å². The number of benzene rings is 1. The third-order valence-corrected chi connectivity index (χ3v) is 4.63. The third kappa shape index (κ3) is 4.14. The van der Waals surface area contributed by atoms with E-state index in [1.807, 2.05) is 11.8 Å². The lowest BCUT2D eigenvalue weighted by molar-refractivity contribution is -0.0370. The maximum atomic E-state index is 13.8. The molecule has 0 saturated heterocycles. The van der Waals surface area contributed by atoms with Gasteiger partial charge < -0.3 is 13.8 Å². The fraction of sp³-hybridized carbons (Fsp3) is 0.353. The molecule has 0 radical (unpaired) electrons. The molecule has 2 heterocycles. The minimum atomic E-state index is -4.49. The van der Waals surface area contributed by atoms with E-state index in [4.69, 9.17) is 4.74 Å². The normalized spacial score (nSPS) is 17.0. The van der Waals surface area contributed by atoms with Gasteiger partial charge in [0, 0.05) is 36.6 Å². The molecule has 1 aliphatic heterocycles. The van der Waals surface area contributed by atoms with Crippen LogP contribution in [0.4, 0.5) is 23.2 Å². The lowest BCUT2D eigenvalue weighted by atomic mass is 9.95. The number of alkyl halides is 3. The van der Waals surface area contributed by atoms with Crippen LogP contribution in [-0.2, 0) is 6.42 Å². The molecule has 0 saturated carbocycles. The first-order valence-corrected chi connectivity index (χ1v) is 8.53. The summed E-state index contributed by atoms with van der Waals surface area (Å²) >= 11 is -0.587. The molecule has 26 heavy (non-hydrogen) atoms. The molecule has 0 amide bonds. The Bertz CT molecular complexity index is 801. The molecule has 3 rings (SSSR count). The second-order valence-electron chi connectivity index (χ2n) is 5.80. The molecule has 1 aliphatic rings. The van der Waals surface area contributed by atoms with Crippen LogP contribution in [0.1, 0.15) is 24.1 Å². The first-order chi connectivity index (χ1) is 12.3. The Morgan fingerprint density at radius 1 is 1.23 bits per heavy atom. The van der Waals surface area contributed by atoms with Gasteiger partial charge in [-0.05, 0) is 30.5 Å². The van der Waals surface area contributed by atoms with Crippen molar-refractivity contribution in [3.8, 4) is 11.6 Å². The minimum Gasteiger partial charge on any atom is -0.497 e. The number of ether oxygens (including phenoxy) is 1. The van der Waals surface area contributed by atoms with E-state index in [1.54, 1.807) is 6.07 Å². The van der Waals surface area contributed by atoms with Crippen LogP contribution in [0.2, 0.25) is 0 Å². The Labute approximate surface area is 152 Å². The zero-order chi connectivity index (χ0) is 18.9. The van der Waals surface area contributed by atoms with Crippen LogP contribution < -0.4 is 13.8 Å². The summed E-state index contributed by atoms with van der Waals surface area (Å²) in [6, 6.07) is 5.87. The molecule has 1 unspecified atom stereocenters. The first kappa shape index (κ1) is 18.6. The number of anilines is 1. The van der Waals surface area contributed by atoms with Gasteiger partial charge in [-0.3, -0.25) is 0 Å². The highest BCUT2D eigenvalue weighted by Gasteiger charge is 2.32. The van der Waals surface area contributed by atoms with E-state index in [2.05, 4.69) is 9.17 Å². The molecular weight excluding hydrogens is 372 g/mol. The molecule has 0 fully saturated rings. The summed E-state index contributed by atoms with van der Waals surface area (Å²) in [7, 11) is 1.47. The Balaban J connectivity index is 1.82. The van der Waals surface area contributed by atoms with Gasteiger partial charge >= 0.3 is 5.51 Å². The van der Waals surface area contributed by atoms with Crippen LogP contribution >= 0.6 is 12.0 Å². The molecule has 9 heteroatoms. The van der Waals surface area contributed by atoms with Gasteiger partial charge in [0.15, 0.2) is 12.0 Å². The Hall–Kier alpha value is -2.16. The minimum absolute atomic E-state index is 0.0841. The largest absolute Gasteiger partial charge is 0.497 e. The van der Waals surface area contributed by atoms with Gasteiger partial charge in [-0.2, -0.15) is 13.2 Å². The SMILES string of the molecule is COc1cc(F)cc(N2CCc3cc(OSC(F)(F)F)ncc3C2C)c1. The fourth-order valence-electron chi connectivity index (χ4n) is 3.00. The van der Waals surface area contributed by atoms with E-state index in [1.165, 1.54) is 31.5 Å².